The van der Waals surface area contributed by atoms with Crippen LogP contribution in [0.3, 0.4) is 0 Å². The zero-order valence-corrected chi connectivity index (χ0v) is 15.2. The van der Waals surface area contributed by atoms with Gasteiger partial charge in [0.2, 0.25) is 0 Å². The minimum absolute atomic E-state index is 0.313. The summed E-state index contributed by atoms with van der Waals surface area (Å²) in [7, 11) is 1.63. The summed E-state index contributed by atoms with van der Waals surface area (Å²) < 4.78 is 12.4. The van der Waals surface area contributed by atoms with E-state index < -0.39 is 0 Å². The first-order chi connectivity index (χ1) is 10.3. The molecule has 0 saturated carbocycles. The molecule has 0 unspecified atom stereocenters. The maximum atomic E-state index is 6.19. The molecule has 1 aromatic carbocycles. The fraction of sp³-hybridized carbons (Fsp3) is 0.529. The van der Waals surface area contributed by atoms with Crippen molar-refractivity contribution in [3.8, 4) is 0 Å². The molecule has 0 aliphatic carbocycles. The van der Waals surface area contributed by atoms with E-state index in [1.807, 2.05) is 7.05 Å². The van der Waals surface area contributed by atoms with Crippen LogP contribution < -0.4 is 5.32 Å². The molecule has 0 aromatic heterocycles. The van der Waals surface area contributed by atoms with Crippen LogP contribution in [0.2, 0.25) is 0 Å². The van der Waals surface area contributed by atoms with Crippen molar-refractivity contribution in [3.63, 3.8) is 0 Å². The van der Waals surface area contributed by atoms with Gasteiger partial charge in [0.25, 0.3) is 0 Å². The number of thioether (sulfide) groups is 1. The minimum atomic E-state index is -0.316. The van der Waals surface area contributed by atoms with Gasteiger partial charge in [0.15, 0.2) is 0 Å². The normalized spacial score (nSPS) is 20.5. The molecular weight excluding hydrogens is 293 g/mol. The zero-order valence-electron chi connectivity index (χ0n) is 14.4. The van der Waals surface area contributed by atoms with Crippen molar-refractivity contribution >= 4 is 25.0 Å². The molecule has 3 nitrogen and oxygen atoms in total. The molecule has 1 fully saturated rings. The Kier molecular flexibility index (Phi) is 5.43. The Bertz CT molecular complexity index is 541. The first kappa shape index (κ1) is 17.6. The molecule has 0 amide bonds. The average molecular weight is 319 g/mol. The van der Waals surface area contributed by atoms with Gasteiger partial charge < -0.3 is 14.6 Å². The van der Waals surface area contributed by atoms with E-state index in [2.05, 4.69) is 69.6 Å². The molecule has 1 N–H and O–H groups in total. The number of hydrogen-bond acceptors (Lipinski definition) is 4. The van der Waals surface area contributed by atoms with Gasteiger partial charge in [-0.15, -0.1) is 11.8 Å². The molecule has 1 aromatic rings. The molecule has 120 valence electrons. The molecular formula is C17H26BNO2S. The van der Waals surface area contributed by atoms with E-state index in [0.29, 0.717) is 0 Å². The van der Waals surface area contributed by atoms with Gasteiger partial charge in [-0.25, -0.2) is 0 Å². The Morgan fingerprint density at radius 2 is 1.77 bits per heavy atom. The van der Waals surface area contributed by atoms with Crippen LogP contribution in [0.25, 0.3) is 6.08 Å². The summed E-state index contributed by atoms with van der Waals surface area (Å²) in [4.78, 5) is 1.26. The highest BCUT2D eigenvalue weighted by atomic mass is 32.2. The van der Waals surface area contributed by atoms with Crippen LogP contribution in [0, 0.1) is 0 Å². The highest BCUT2D eigenvalue weighted by molar-refractivity contribution is 7.98. The van der Waals surface area contributed by atoms with Crippen molar-refractivity contribution in [2.75, 3.05) is 19.8 Å². The van der Waals surface area contributed by atoms with Crippen molar-refractivity contribution in [1.29, 1.82) is 0 Å². The average Bonchev–Trinajstić information content (AvgIpc) is 2.67. The monoisotopic (exact) mass is 319 g/mol. The smallest absolute Gasteiger partial charge is 0.400 e. The van der Waals surface area contributed by atoms with E-state index in [4.69, 9.17) is 9.31 Å². The summed E-state index contributed by atoms with van der Waals surface area (Å²) in [6.45, 7) is 9.07. The quantitative estimate of drug-likeness (QED) is 0.663. The second kappa shape index (κ2) is 6.79. The summed E-state index contributed by atoms with van der Waals surface area (Å²) in [5, 5.41) is 3.22. The van der Waals surface area contributed by atoms with E-state index in [1.165, 1.54) is 10.5 Å². The van der Waals surface area contributed by atoms with E-state index in [-0.39, 0.29) is 18.3 Å². The Hall–Kier alpha value is -0.745. The first-order valence-corrected chi connectivity index (χ1v) is 8.87. The summed E-state index contributed by atoms with van der Waals surface area (Å²) in [6, 6.07) is 8.40. The summed E-state index contributed by atoms with van der Waals surface area (Å²) in [5.74, 6) is 0. The molecule has 0 bridgehead atoms. The SMILES string of the molecule is CNCC(=Cc1ccccc1SC)B1OC(C)(C)C(C)(C)O1. The molecule has 0 atom stereocenters. The van der Waals surface area contributed by atoms with Crippen LogP contribution in [-0.2, 0) is 9.31 Å². The maximum Gasteiger partial charge on any atom is 0.491 e. The van der Waals surface area contributed by atoms with Crippen LogP contribution in [0.5, 0.6) is 0 Å². The molecule has 0 spiro atoms. The first-order valence-electron chi connectivity index (χ1n) is 7.64. The fourth-order valence-electron chi connectivity index (χ4n) is 2.39. The standard InChI is InChI=1S/C17H26BNO2S/c1-16(2)17(3,4)21-18(20-16)14(12-19-5)11-13-9-7-8-10-15(13)22-6/h7-11,19H,12H2,1-6H3. The predicted molar refractivity (Wildman–Crippen MR) is 96.2 cm³/mol. The van der Waals surface area contributed by atoms with Crippen molar-refractivity contribution in [2.45, 2.75) is 43.8 Å². The van der Waals surface area contributed by atoms with Gasteiger partial charge in [0.05, 0.1) is 11.2 Å². The van der Waals surface area contributed by atoms with Crippen molar-refractivity contribution in [2.24, 2.45) is 0 Å². The third-order valence-electron chi connectivity index (χ3n) is 4.42. The van der Waals surface area contributed by atoms with Crippen molar-refractivity contribution in [1.82, 2.24) is 5.32 Å². The van der Waals surface area contributed by atoms with Gasteiger partial charge in [-0.05, 0) is 58.1 Å². The second-order valence-electron chi connectivity index (χ2n) is 6.58. The van der Waals surface area contributed by atoms with E-state index >= 15 is 0 Å². The molecule has 1 aliphatic heterocycles. The highest BCUT2D eigenvalue weighted by Gasteiger charge is 2.52. The van der Waals surface area contributed by atoms with Gasteiger partial charge >= 0.3 is 7.12 Å². The van der Waals surface area contributed by atoms with Crippen LogP contribution in [0.15, 0.2) is 34.6 Å². The molecule has 1 heterocycles. The van der Waals surface area contributed by atoms with Crippen LogP contribution in [0.1, 0.15) is 33.3 Å². The van der Waals surface area contributed by atoms with Gasteiger partial charge in [-0.1, -0.05) is 24.3 Å². The van der Waals surface area contributed by atoms with E-state index in [0.717, 1.165) is 12.0 Å². The number of likely N-dealkylation sites (N-methyl/N-ethyl adjacent to an activating group) is 1. The number of benzene rings is 1. The van der Waals surface area contributed by atoms with Crippen LogP contribution in [-0.4, -0.2) is 38.2 Å². The van der Waals surface area contributed by atoms with E-state index in [9.17, 15) is 0 Å². The Labute approximate surface area is 139 Å². The zero-order chi connectivity index (χ0) is 16.4. The maximum absolute atomic E-state index is 6.19. The lowest BCUT2D eigenvalue weighted by atomic mass is 9.77. The van der Waals surface area contributed by atoms with Crippen molar-refractivity contribution < 1.29 is 9.31 Å². The molecule has 0 radical (unpaired) electrons. The van der Waals surface area contributed by atoms with Gasteiger partial charge in [-0.2, -0.15) is 0 Å². The Morgan fingerprint density at radius 1 is 1.18 bits per heavy atom. The third kappa shape index (κ3) is 3.59. The van der Waals surface area contributed by atoms with Gasteiger partial charge in [-0.3, -0.25) is 0 Å². The summed E-state index contributed by atoms with van der Waals surface area (Å²) >= 11 is 1.75. The largest absolute Gasteiger partial charge is 0.491 e. The minimum Gasteiger partial charge on any atom is -0.400 e. The molecule has 2 rings (SSSR count). The van der Waals surface area contributed by atoms with Crippen molar-refractivity contribution in [3.05, 3.63) is 35.3 Å². The van der Waals surface area contributed by atoms with E-state index in [1.54, 1.807) is 11.8 Å². The van der Waals surface area contributed by atoms with Gasteiger partial charge in [0, 0.05) is 11.4 Å². The predicted octanol–water partition coefficient (Wildman–Crippen LogP) is 3.64. The lowest BCUT2D eigenvalue weighted by Gasteiger charge is -2.32. The van der Waals surface area contributed by atoms with Crippen LogP contribution in [0.4, 0.5) is 0 Å². The topological polar surface area (TPSA) is 30.5 Å². The molecule has 1 aliphatic rings. The lowest BCUT2D eigenvalue weighted by molar-refractivity contribution is 0.00578. The van der Waals surface area contributed by atoms with Gasteiger partial charge in [0.1, 0.15) is 0 Å². The fourth-order valence-corrected chi connectivity index (χ4v) is 2.96. The molecule has 1 saturated heterocycles. The molecule has 22 heavy (non-hydrogen) atoms. The third-order valence-corrected chi connectivity index (χ3v) is 5.23. The number of hydrogen-bond donors (Lipinski definition) is 1. The number of nitrogens with one attached hydrogen (secondary N) is 1. The number of rotatable bonds is 5. The lowest BCUT2D eigenvalue weighted by Crippen LogP contribution is -2.41. The summed E-state index contributed by atoms with van der Waals surface area (Å²) in [6.07, 6.45) is 4.28. The Balaban J connectivity index is 2.33. The Morgan fingerprint density at radius 3 is 2.32 bits per heavy atom. The molecule has 5 heteroatoms. The second-order valence-corrected chi connectivity index (χ2v) is 7.43. The summed E-state index contributed by atoms with van der Waals surface area (Å²) in [5.41, 5.74) is 1.69. The highest BCUT2D eigenvalue weighted by Crippen LogP contribution is 2.39. The van der Waals surface area contributed by atoms with Crippen LogP contribution >= 0.6 is 11.8 Å².